The van der Waals surface area contributed by atoms with E-state index >= 15 is 0 Å². The molecule has 1 heterocycles. The van der Waals surface area contributed by atoms with E-state index in [0.717, 1.165) is 16.5 Å². The van der Waals surface area contributed by atoms with Gasteiger partial charge in [-0.25, -0.2) is 8.42 Å². The zero-order valence-electron chi connectivity index (χ0n) is 14.3. The van der Waals surface area contributed by atoms with E-state index in [-0.39, 0.29) is 18.0 Å². The van der Waals surface area contributed by atoms with Crippen LogP contribution in [0.1, 0.15) is 5.56 Å². The molecule has 0 amide bonds. The summed E-state index contributed by atoms with van der Waals surface area (Å²) in [5.41, 5.74) is 1.78. The van der Waals surface area contributed by atoms with Crippen LogP contribution < -0.4 is 9.46 Å². The summed E-state index contributed by atoms with van der Waals surface area (Å²) in [6, 6.07) is 16.2. The molecular formula is C20H18N2O3S. The highest BCUT2D eigenvalue weighted by molar-refractivity contribution is 7.89. The van der Waals surface area contributed by atoms with Gasteiger partial charge >= 0.3 is 0 Å². The smallest absolute Gasteiger partial charge is 0.241 e. The maximum Gasteiger partial charge on any atom is 0.241 e. The molecule has 5 nitrogen and oxygen atoms in total. The minimum Gasteiger partial charge on any atom is -0.479 e. The highest BCUT2D eigenvalue weighted by Gasteiger charge is 2.11. The summed E-state index contributed by atoms with van der Waals surface area (Å²) >= 11 is 0. The van der Waals surface area contributed by atoms with Gasteiger partial charge in [-0.15, -0.1) is 0 Å². The van der Waals surface area contributed by atoms with Crippen LogP contribution in [-0.4, -0.2) is 26.6 Å². The number of aryl methyl sites for hydroxylation is 1. The normalized spacial score (nSPS) is 11.0. The Labute approximate surface area is 153 Å². The summed E-state index contributed by atoms with van der Waals surface area (Å²) in [6.45, 7) is 2.08. The third-order valence-corrected chi connectivity index (χ3v) is 5.12. The Morgan fingerprint density at radius 1 is 1.04 bits per heavy atom. The first-order valence-electron chi connectivity index (χ1n) is 8.05. The maximum atomic E-state index is 12.1. The summed E-state index contributed by atoms with van der Waals surface area (Å²) in [7, 11) is -3.55. The fourth-order valence-electron chi connectivity index (χ4n) is 2.35. The van der Waals surface area contributed by atoms with Crippen LogP contribution in [0.2, 0.25) is 0 Å². The number of nitrogens with one attached hydrogen (secondary N) is 1. The van der Waals surface area contributed by atoms with Gasteiger partial charge in [-0.1, -0.05) is 47.7 Å². The molecule has 1 N–H and O–H groups in total. The van der Waals surface area contributed by atoms with Crippen molar-refractivity contribution in [1.82, 2.24) is 9.71 Å². The SMILES string of the molecule is Cc1ccc(S(=O)(=O)NCC#CCOc2cccc3cccnc23)cc1. The number of hydrogen-bond acceptors (Lipinski definition) is 4. The molecule has 6 heteroatoms. The first-order valence-corrected chi connectivity index (χ1v) is 9.53. The fraction of sp³-hybridized carbons (Fsp3) is 0.150. The van der Waals surface area contributed by atoms with Gasteiger partial charge in [0.15, 0.2) is 0 Å². The van der Waals surface area contributed by atoms with Gasteiger partial charge < -0.3 is 4.74 Å². The van der Waals surface area contributed by atoms with E-state index in [1.807, 2.05) is 37.3 Å². The van der Waals surface area contributed by atoms with Gasteiger partial charge in [0.1, 0.15) is 17.9 Å². The average Bonchev–Trinajstić information content (AvgIpc) is 2.65. The number of hydrogen-bond donors (Lipinski definition) is 1. The van der Waals surface area contributed by atoms with E-state index < -0.39 is 10.0 Å². The molecule has 0 aliphatic heterocycles. The Hall–Kier alpha value is -2.88. The lowest BCUT2D eigenvalue weighted by atomic mass is 10.2. The fourth-order valence-corrected chi connectivity index (χ4v) is 3.28. The van der Waals surface area contributed by atoms with Crippen LogP contribution in [0.15, 0.2) is 65.7 Å². The van der Waals surface area contributed by atoms with E-state index in [1.54, 1.807) is 30.5 Å². The standard InChI is InChI=1S/C20H18N2O3S/c1-16-9-11-18(12-10-16)26(23,24)22-14-2-3-15-25-19-8-4-6-17-7-5-13-21-20(17)19/h4-13,22H,14-15H2,1H3. The molecule has 3 rings (SSSR count). The number of pyridine rings is 1. The number of rotatable bonds is 5. The predicted molar refractivity (Wildman–Crippen MR) is 101 cm³/mol. The van der Waals surface area contributed by atoms with Crippen LogP contribution >= 0.6 is 0 Å². The number of benzene rings is 2. The summed E-state index contributed by atoms with van der Waals surface area (Å²) in [6.07, 6.45) is 1.71. The van der Waals surface area contributed by atoms with Crippen LogP contribution in [0.5, 0.6) is 5.75 Å². The van der Waals surface area contributed by atoms with E-state index in [2.05, 4.69) is 21.5 Å². The molecule has 3 aromatic rings. The van der Waals surface area contributed by atoms with E-state index in [1.165, 1.54) is 0 Å². The summed E-state index contributed by atoms with van der Waals surface area (Å²) < 4.78 is 32.3. The summed E-state index contributed by atoms with van der Waals surface area (Å²) in [5.74, 6) is 6.21. The van der Waals surface area contributed by atoms with Crippen LogP contribution in [0.3, 0.4) is 0 Å². The largest absolute Gasteiger partial charge is 0.479 e. The Bertz CT molecular complexity index is 1060. The molecule has 0 spiro atoms. The number of nitrogens with zero attached hydrogens (tertiary/aromatic N) is 1. The van der Waals surface area contributed by atoms with Gasteiger partial charge in [-0.3, -0.25) is 4.98 Å². The highest BCUT2D eigenvalue weighted by atomic mass is 32.2. The van der Waals surface area contributed by atoms with E-state index in [4.69, 9.17) is 4.74 Å². The van der Waals surface area contributed by atoms with Crippen LogP contribution in [0, 0.1) is 18.8 Å². The van der Waals surface area contributed by atoms with Crippen molar-refractivity contribution in [1.29, 1.82) is 0 Å². The lowest BCUT2D eigenvalue weighted by Gasteiger charge is -2.05. The second kappa shape index (κ2) is 8.00. The zero-order valence-corrected chi connectivity index (χ0v) is 15.1. The third kappa shape index (κ3) is 4.39. The molecular weight excluding hydrogens is 348 g/mol. The Morgan fingerprint density at radius 2 is 1.81 bits per heavy atom. The van der Waals surface area contributed by atoms with Crippen LogP contribution in [-0.2, 0) is 10.0 Å². The third-order valence-electron chi connectivity index (χ3n) is 3.70. The van der Waals surface area contributed by atoms with Crippen molar-refractivity contribution in [2.45, 2.75) is 11.8 Å². The molecule has 0 saturated heterocycles. The summed E-state index contributed by atoms with van der Waals surface area (Å²) in [4.78, 5) is 4.53. The number of fused-ring (bicyclic) bond motifs is 1. The lowest BCUT2D eigenvalue weighted by Crippen LogP contribution is -2.24. The zero-order chi connectivity index (χ0) is 18.4. The molecule has 0 aliphatic rings. The quantitative estimate of drug-likeness (QED) is 0.705. The molecule has 0 radical (unpaired) electrons. The molecule has 0 aliphatic carbocycles. The molecule has 0 atom stereocenters. The van der Waals surface area contributed by atoms with Crippen molar-refractivity contribution in [3.05, 3.63) is 66.4 Å². The van der Waals surface area contributed by atoms with E-state index in [9.17, 15) is 8.42 Å². The number of ether oxygens (including phenoxy) is 1. The van der Waals surface area contributed by atoms with Crippen molar-refractivity contribution in [2.75, 3.05) is 13.2 Å². The maximum absolute atomic E-state index is 12.1. The molecule has 0 saturated carbocycles. The number of sulfonamides is 1. The van der Waals surface area contributed by atoms with Crippen molar-refractivity contribution in [3.8, 4) is 17.6 Å². The molecule has 2 aromatic carbocycles. The predicted octanol–water partition coefficient (Wildman–Crippen LogP) is 2.90. The van der Waals surface area contributed by atoms with Crippen molar-refractivity contribution in [3.63, 3.8) is 0 Å². The van der Waals surface area contributed by atoms with Crippen molar-refractivity contribution < 1.29 is 13.2 Å². The van der Waals surface area contributed by atoms with E-state index in [0.29, 0.717) is 5.75 Å². The second-order valence-electron chi connectivity index (χ2n) is 5.61. The average molecular weight is 366 g/mol. The lowest BCUT2D eigenvalue weighted by molar-refractivity contribution is 0.374. The molecule has 26 heavy (non-hydrogen) atoms. The Kier molecular flexibility index (Phi) is 5.52. The van der Waals surface area contributed by atoms with Gasteiger partial charge in [-0.2, -0.15) is 4.72 Å². The van der Waals surface area contributed by atoms with Crippen molar-refractivity contribution in [2.24, 2.45) is 0 Å². The first kappa shape index (κ1) is 17.9. The molecule has 132 valence electrons. The van der Waals surface area contributed by atoms with Gasteiger partial charge in [0.25, 0.3) is 0 Å². The Balaban J connectivity index is 1.55. The minimum absolute atomic E-state index is 0.0212. The first-order chi connectivity index (χ1) is 12.6. The molecule has 1 aromatic heterocycles. The van der Waals surface area contributed by atoms with Crippen LogP contribution in [0.25, 0.3) is 10.9 Å². The highest BCUT2D eigenvalue weighted by Crippen LogP contribution is 2.22. The Morgan fingerprint density at radius 3 is 2.62 bits per heavy atom. The molecule has 0 unspecified atom stereocenters. The molecule has 0 bridgehead atoms. The summed E-state index contributed by atoms with van der Waals surface area (Å²) in [5, 5.41) is 0.990. The van der Waals surface area contributed by atoms with Gasteiger partial charge in [-0.05, 0) is 31.2 Å². The van der Waals surface area contributed by atoms with Crippen molar-refractivity contribution >= 4 is 20.9 Å². The number of para-hydroxylation sites is 1. The van der Waals surface area contributed by atoms with Gasteiger partial charge in [0.05, 0.1) is 11.4 Å². The second-order valence-corrected chi connectivity index (χ2v) is 7.38. The monoisotopic (exact) mass is 366 g/mol. The van der Waals surface area contributed by atoms with Crippen LogP contribution in [0.4, 0.5) is 0 Å². The number of aromatic nitrogens is 1. The van der Waals surface area contributed by atoms with Gasteiger partial charge in [0.2, 0.25) is 10.0 Å². The van der Waals surface area contributed by atoms with Gasteiger partial charge in [0, 0.05) is 11.6 Å². The minimum atomic E-state index is -3.55. The topological polar surface area (TPSA) is 68.3 Å². The molecule has 0 fully saturated rings.